The van der Waals surface area contributed by atoms with Crippen LogP contribution in [0, 0.1) is 0 Å². The van der Waals surface area contributed by atoms with E-state index in [4.69, 9.17) is 0 Å². The Morgan fingerprint density at radius 3 is 2.67 bits per heavy atom. The van der Waals surface area contributed by atoms with Gasteiger partial charge in [-0.25, -0.2) is 4.98 Å². The maximum Gasteiger partial charge on any atom is 0.204 e. The minimum atomic E-state index is 0.0730. The molecule has 0 unspecified atom stereocenters. The summed E-state index contributed by atoms with van der Waals surface area (Å²) in [6, 6.07) is 14.2. The van der Waals surface area contributed by atoms with Gasteiger partial charge < -0.3 is 4.57 Å². The van der Waals surface area contributed by atoms with Gasteiger partial charge in [-0.15, -0.1) is 0 Å². The van der Waals surface area contributed by atoms with Crippen molar-refractivity contribution >= 4 is 22.8 Å². The highest BCUT2D eigenvalue weighted by Crippen LogP contribution is 2.37. The van der Waals surface area contributed by atoms with Gasteiger partial charge in [-0.3, -0.25) is 4.79 Å². The third-order valence-electron chi connectivity index (χ3n) is 3.67. The number of aromatic nitrogens is 2. The molecule has 4 rings (SSSR count). The van der Waals surface area contributed by atoms with Gasteiger partial charge in [0.1, 0.15) is 5.65 Å². The van der Waals surface area contributed by atoms with Crippen molar-refractivity contribution in [3.05, 3.63) is 65.1 Å². The molecule has 2 heterocycles. The molecule has 1 aliphatic carbocycles. The Hall–Kier alpha value is -2.07. The van der Waals surface area contributed by atoms with E-state index in [-0.39, 0.29) is 5.43 Å². The van der Waals surface area contributed by atoms with E-state index in [0.717, 1.165) is 15.4 Å². The zero-order valence-electron chi connectivity index (χ0n) is 11.4. The summed E-state index contributed by atoms with van der Waals surface area (Å²) in [6.45, 7) is 0. The molecular weight excluding hydrogens is 280 g/mol. The quantitative estimate of drug-likeness (QED) is 0.735. The van der Waals surface area contributed by atoms with E-state index in [0.29, 0.717) is 11.4 Å². The van der Waals surface area contributed by atoms with Crippen LogP contribution in [0.2, 0.25) is 0 Å². The third-order valence-corrected chi connectivity index (χ3v) is 4.69. The molecule has 0 aliphatic heterocycles. The van der Waals surface area contributed by atoms with Crippen LogP contribution < -0.4 is 5.43 Å². The molecule has 0 radical (unpaired) electrons. The SMILES string of the molecule is O=c1c(Sc2ccccc2)cn(C2CC2)c2ncccc12. The van der Waals surface area contributed by atoms with E-state index in [1.54, 1.807) is 6.20 Å². The number of hydrogen-bond donors (Lipinski definition) is 0. The van der Waals surface area contributed by atoms with E-state index in [9.17, 15) is 4.79 Å². The fourth-order valence-corrected chi connectivity index (χ4v) is 3.39. The fraction of sp³-hybridized carbons (Fsp3) is 0.176. The highest BCUT2D eigenvalue weighted by Gasteiger charge is 2.26. The molecule has 104 valence electrons. The lowest BCUT2D eigenvalue weighted by atomic mass is 10.3. The molecule has 21 heavy (non-hydrogen) atoms. The summed E-state index contributed by atoms with van der Waals surface area (Å²) < 4.78 is 2.17. The van der Waals surface area contributed by atoms with E-state index in [1.165, 1.54) is 24.6 Å². The van der Waals surface area contributed by atoms with Crippen LogP contribution in [-0.4, -0.2) is 9.55 Å². The molecule has 0 N–H and O–H groups in total. The summed E-state index contributed by atoms with van der Waals surface area (Å²) in [4.78, 5) is 18.9. The van der Waals surface area contributed by atoms with Crippen molar-refractivity contribution in [3.63, 3.8) is 0 Å². The Bertz CT molecular complexity index is 854. The minimum Gasteiger partial charge on any atom is -0.328 e. The molecule has 0 saturated heterocycles. The Morgan fingerprint density at radius 2 is 1.90 bits per heavy atom. The second-order valence-corrected chi connectivity index (χ2v) is 6.37. The summed E-state index contributed by atoms with van der Waals surface area (Å²) in [5.41, 5.74) is 0.881. The second kappa shape index (κ2) is 5.04. The summed E-state index contributed by atoms with van der Waals surface area (Å²) in [6.07, 6.45) is 6.08. The summed E-state index contributed by atoms with van der Waals surface area (Å²) >= 11 is 1.53. The zero-order chi connectivity index (χ0) is 14.2. The van der Waals surface area contributed by atoms with Crippen LogP contribution in [0.4, 0.5) is 0 Å². The average molecular weight is 294 g/mol. The van der Waals surface area contributed by atoms with Gasteiger partial charge in [0.25, 0.3) is 0 Å². The van der Waals surface area contributed by atoms with Crippen molar-refractivity contribution in [1.29, 1.82) is 0 Å². The highest BCUT2D eigenvalue weighted by atomic mass is 32.2. The van der Waals surface area contributed by atoms with Crippen molar-refractivity contribution in [2.45, 2.75) is 28.7 Å². The molecule has 1 saturated carbocycles. The maximum absolute atomic E-state index is 12.7. The molecule has 0 bridgehead atoms. The number of hydrogen-bond acceptors (Lipinski definition) is 3. The Kier molecular flexibility index (Phi) is 3.04. The van der Waals surface area contributed by atoms with Crippen LogP contribution in [0.1, 0.15) is 18.9 Å². The molecule has 2 aromatic heterocycles. The van der Waals surface area contributed by atoms with Gasteiger partial charge in [-0.05, 0) is 37.1 Å². The number of pyridine rings is 2. The molecule has 0 spiro atoms. The van der Waals surface area contributed by atoms with Crippen LogP contribution in [0.5, 0.6) is 0 Å². The molecule has 1 fully saturated rings. The van der Waals surface area contributed by atoms with E-state index in [2.05, 4.69) is 9.55 Å². The summed E-state index contributed by atoms with van der Waals surface area (Å²) in [7, 11) is 0. The Morgan fingerprint density at radius 1 is 1.10 bits per heavy atom. The monoisotopic (exact) mass is 294 g/mol. The molecule has 1 aromatic carbocycles. The van der Waals surface area contributed by atoms with Gasteiger partial charge in [0, 0.05) is 23.3 Å². The van der Waals surface area contributed by atoms with Crippen LogP contribution >= 0.6 is 11.8 Å². The van der Waals surface area contributed by atoms with Crippen LogP contribution in [0.3, 0.4) is 0 Å². The Balaban J connectivity index is 1.89. The van der Waals surface area contributed by atoms with E-state index >= 15 is 0 Å². The molecule has 1 aliphatic rings. The normalized spacial score (nSPS) is 14.5. The predicted molar refractivity (Wildman–Crippen MR) is 84.8 cm³/mol. The number of rotatable bonds is 3. The van der Waals surface area contributed by atoms with Crippen LogP contribution in [-0.2, 0) is 0 Å². The molecule has 4 heteroatoms. The van der Waals surface area contributed by atoms with Gasteiger partial charge in [0.05, 0.1) is 10.3 Å². The van der Waals surface area contributed by atoms with Crippen molar-refractivity contribution in [1.82, 2.24) is 9.55 Å². The topological polar surface area (TPSA) is 34.9 Å². The number of fused-ring (bicyclic) bond motifs is 1. The summed E-state index contributed by atoms with van der Waals surface area (Å²) in [5.74, 6) is 0. The average Bonchev–Trinajstić information content (AvgIpc) is 3.36. The fourth-order valence-electron chi connectivity index (χ4n) is 2.48. The van der Waals surface area contributed by atoms with Crippen molar-refractivity contribution in [2.75, 3.05) is 0 Å². The molecular formula is C17H14N2OS. The highest BCUT2D eigenvalue weighted by molar-refractivity contribution is 7.99. The van der Waals surface area contributed by atoms with Gasteiger partial charge in [-0.2, -0.15) is 0 Å². The third kappa shape index (κ3) is 2.36. The predicted octanol–water partition coefficient (Wildman–Crippen LogP) is 3.88. The first-order valence-corrected chi connectivity index (χ1v) is 7.87. The van der Waals surface area contributed by atoms with Gasteiger partial charge in [0.15, 0.2) is 0 Å². The van der Waals surface area contributed by atoms with Crippen molar-refractivity contribution < 1.29 is 0 Å². The van der Waals surface area contributed by atoms with Gasteiger partial charge in [-0.1, -0.05) is 30.0 Å². The lowest BCUT2D eigenvalue weighted by Gasteiger charge is -2.11. The van der Waals surface area contributed by atoms with Gasteiger partial charge >= 0.3 is 0 Å². The lowest BCUT2D eigenvalue weighted by Crippen LogP contribution is -2.11. The first-order valence-electron chi connectivity index (χ1n) is 7.06. The minimum absolute atomic E-state index is 0.0730. The number of nitrogens with zero attached hydrogens (tertiary/aromatic N) is 2. The number of benzene rings is 1. The van der Waals surface area contributed by atoms with E-state index in [1.807, 2.05) is 48.7 Å². The van der Waals surface area contributed by atoms with Crippen LogP contribution in [0.25, 0.3) is 11.0 Å². The Labute approximate surface area is 126 Å². The molecule has 0 atom stereocenters. The second-order valence-electron chi connectivity index (χ2n) is 5.25. The van der Waals surface area contributed by atoms with E-state index < -0.39 is 0 Å². The maximum atomic E-state index is 12.7. The smallest absolute Gasteiger partial charge is 0.204 e. The first-order chi connectivity index (χ1) is 10.3. The lowest BCUT2D eigenvalue weighted by molar-refractivity contribution is 0.744. The zero-order valence-corrected chi connectivity index (χ0v) is 12.2. The van der Waals surface area contributed by atoms with Crippen LogP contribution in [0.15, 0.2) is 69.4 Å². The molecule has 0 amide bonds. The summed E-state index contributed by atoms with van der Waals surface area (Å²) in [5, 5.41) is 0.713. The van der Waals surface area contributed by atoms with Gasteiger partial charge in [0.2, 0.25) is 5.43 Å². The van der Waals surface area contributed by atoms with Crippen molar-refractivity contribution in [3.8, 4) is 0 Å². The molecule has 3 nitrogen and oxygen atoms in total. The van der Waals surface area contributed by atoms with Crippen molar-refractivity contribution in [2.24, 2.45) is 0 Å². The standard InChI is InChI=1S/C17H14N2OS/c20-16-14-7-4-10-18-17(14)19(12-8-9-12)11-15(16)21-13-5-2-1-3-6-13/h1-7,10-12H,8-9H2. The first kappa shape index (κ1) is 12.7. The molecule has 3 aromatic rings. The largest absolute Gasteiger partial charge is 0.328 e.